The molecule has 0 spiro atoms. The first-order valence-corrected chi connectivity index (χ1v) is 10.1. The molecule has 0 amide bonds. The highest BCUT2D eigenvalue weighted by molar-refractivity contribution is 5.60. The second-order valence-corrected chi connectivity index (χ2v) is 7.89. The van der Waals surface area contributed by atoms with Crippen molar-refractivity contribution in [3.05, 3.63) is 36.5 Å². The van der Waals surface area contributed by atoms with Crippen molar-refractivity contribution < 1.29 is 0 Å². The number of benzene rings is 1. The van der Waals surface area contributed by atoms with Crippen LogP contribution in [0.1, 0.15) is 19.8 Å². The molecule has 6 heteroatoms. The van der Waals surface area contributed by atoms with E-state index >= 15 is 0 Å². The molecule has 4 rings (SSSR count). The minimum atomic E-state index is 0.665. The normalized spacial score (nSPS) is 21.3. The molecule has 0 saturated carbocycles. The van der Waals surface area contributed by atoms with Crippen LogP contribution in [0.15, 0.2) is 36.5 Å². The van der Waals surface area contributed by atoms with Gasteiger partial charge in [0.15, 0.2) is 0 Å². The van der Waals surface area contributed by atoms with E-state index in [4.69, 9.17) is 4.98 Å². The molecule has 2 aliphatic rings. The first-order chi connectivity index (χ1) is 13.2. The molecule has 2 fully saturated rings. The minimum absolute atomic E-state index is 0.665. The van der Waals surface area contributed by atoms with Gasteiger partial charge in [-0.05, 0) is 56.1 Å². The molecule has 2 aliphatic heterocycles. The third-order valence-electron chi connectivity index (χ3n) is 5.61. The van der Waals surface area contributed by atoms with E-state index in [1.165, 1.54) is 18.5 Å². The Hall–Kier alpha value is -2.34. The van der Waals surface area contributed by atoms with Crippen molar-refractivity contribution in [3.63, 3.8) is 0 Å². The van der Waals surface area contributed by atoms with Crippen LogP contribution in [-0.2, 0) is 0 Å². The van der Waals surface area contributed by atoms with Crippen LogP contribution in [0.25, 0.3) is 0 Å². The van der Waals surface area contributed by atoms with E-state index in [0.717, 1.165) is 56.7 Å². The molecule has 2 saturated heterocycles. The first-order valence-electron chi connectivity index (χ1n) is 10.1. The summed E-state index contributed by atoms with van der Waals surface area (Å²) in [7, 11) is 2.18. The SMILES string of the molecule is CC1CCCN(c2ccnc(Nc3ccc(N4CCN(C)CC4)cc3)n2)C1. The lowest BCUT2D eigenvalue weighted by Gasteiger charge is -2.34. The zero-order valence-electron chi connectivity index (χ0n) is 16.4. The molecule has 1 unspecified atom stereocenters. The molecular formula is C21H30N6. The van der Waals surface area contributed by atoms with Gasteiger partial charge in [-0.3, -0.25) is 0 Å². The summed E-state index contributed by atoms with van der Waals surface area (Å²) in [5, 5.41) is 3.36. The van der Waals surface area contributed by atoms with E-state index in [1.54, 1.807) is 0 Å². The number of hydrogen-bond donors (Lipinski definition) is 1. The van der Waals surface area contributed by atoms with Crippen LogP contribution in [-0.4, -0.2) is 61.2 Å². The van der Waals surface area contributed by atoms with Gasteiger partial charge in [0.25, 0.3) is 0 Å². The van der Waals surface area contributed by atoms with Gasteiger partial charge in [-0.1, -0.05) is 6.92 Å². The van der Waals surface area contributed by atoms with Crippen molar-refractivity contribution in [2.45, 2.75) is 19.8 Å². The van der Waals surface area contributed by atoms with Crippen molar-refractivity contribution in [2.75, 3.05) is 61.4 Å². The predicted molar refractivity (Wildman–Crippen MR) is 112 cm³/mol. The van der Waals surface area contributed by atoms with Crippen LogP contribution in [0.2, 0.25) is 0 Å². The predicted octanol–water partition coefficient (Wildman–Crippen LogP) is 3.21. The van der Waals surface area contributed by atoms with E-state index in [1.807, 2.05) is 12.3 Å². The summed E-state index contributed by atoms with van der Waals surface area (Å²) in [6, 6.07) is 10.6. The number of anilines is 4. The summed E-state index contributed by atoms with van der Waals surface area (Å²) in [5.74, 6) is 2.42. The number of nitrogens with one attached hydrogen (secondary N) is 1. The largest absolute Gasteiger partial charge is 0.369 e. The topological polar surface area (TPSA) is 47.5 Å². The molecule has 1 aromatic heterocycles. The monoisotopic (exact) mass is 366 g/mol. The van der Waals surface area contributed by atoms with Crippen molar-refractivity contribution in [1.82, 2.24) is 14.9 Å². The van der Waals surface area contributed by atoms with Crippen LogP contribution in [0.5, 0.6) is 0 Å². The summed E-state index contributed by atoms with van der Waals surface area (Å²) in [4.78, 5) is 16.3. The molecule has 3 heterocycles. The number of aromatic nitrogens is 2. The molecule has 6 nitrogen and oxygen atoms in total. The maximum absolute atomic E-state index is 4.73. The Morgan fingerprint density at radius 3 is 2.48 bits per heavy atom. The lowest BCUT2D eigenvalue weighted by molar-refractivity contribution is 0.313. The van der Waals surface area contributed by atoms with E-state index in [2.05, 4.69) is 63.2 Å². The Labute approximate surface area is 162 Å². The lowest BCUT2D eigenvalue weighted by Crippen LogP contribution is -2.44. The Morgan fingerprint density at radius 1 is 0.963 bits per heavy atom. The van der Waals surface area contributed by atoms with Gasteiger partial charge < -0.3 is 20.0 Å². The molecule has 27 heavy (non-hydrogen) atoms. The number of nitrogens with zero attached hydrogens (tertiary/aromatic N) is 5. The van der Waals surface area contributed by atoms with Crippen LogP contribution < -0.4 is 15.1 Å². The van der Waals surface area contributed by atoms with E-state index in [9.17, 15) is 0 Å². The Bertz CT molecular complexity index is 739. The van der Waals surface area contributed by atoms with Gasteiger partial charge in [0.05, 0.1) is 0 Å². The van der Waals surface area contributed by atoms with Crippen LogP contribution in [0.4, 0.5) is 23.1 Å². The number of likely N-dealkylation sites (N-methyl/N-ethyl adjacent to an activating group) is 1. The Balaban J connectivity index is 1.41. The molecular weight excluding hydrogens is 336 g/mol. The van der Waals surface area contributed by atoms with E-state index in [-0.39, 0.29) is 0 Å². The quantitative estimate of drug-likeness (QED) is 0.897. The van der Waals surface area contributed by atoms with Crippen molar-refractivity contribution in [1.29, 1.82) is 0 Å². The van der Waals surface area contributed by atoms with E-state index in [0.29, 0.717) is 5.95 Å². The molecule has 0 bridgehead atoms. The standard InChI is InChI=1S/C21H30N6/c1-17-4-3-11-27(16-17)20-9-10-22-21(24-20)23-18-5-7-19(8-6-18)26-14-12-25(2)13-15-26/h5-10,17H,3-4,11-16H2,1-2H3,(H,22,23,24). The number of piperidine rings is 1. The fourth-order valence-corrected chi connectivity index (χ4v) is 3.93. The molecule has 1 N–H and O–H groups in total. The molecule has 1 aromatic carbocycles. The average Bonchev–Trinajstić information content (AvgIpc) is 2.70. The molecule has 0 radical (unpaired) electrons. The number of hydrogen-bond acceptors (Lipinski definition) is 6. The van der Waals surface area contributed by atoms with Gasteiger partial charge in [0.2, 0.25) is 5.95 Å². The highest BCUT2D eigenvalue weighted by atomic mass is 15.3. The fourth-order valence-electron chi connectivity index (χ4n) is 3.93. The molecule has 0 aliphatic carbocycles. The summed E-state index contributed by atoms with van der Waals surface area (Å²) in [6.07, 6.45) is 4.40. The second kappa shape index (κ2) is 8.13. The van der Waals surface area contributed by atoms with E-state index < -0.39 is 0 Å². The highest BCUT2D eigenvalue weighted by Gasteiger charge is 2.18. The molecule has 1 atom stereocenters. The Morgan fingerprint density at radius 2 is 1.74 bits per heavy atom. The third kappa shape index (κ3) is 4.50. The molecule has 2 aromatic rings. The van der Waals surface area contributed by atoms with Gasteiger partial charge in [0.1, 0.15) is 5.82 Å². The fraction of sp³-hybridized carbons (Fsp3) is 0.524. The zero-order valence-corrected chi connectivity index (χ0v) is 16.4. The van der Waals surface area contributed by atoms with Gasteiger partial charge in [0, 0.05) is 56.8 Å². The number of piperazine rings is 1. The average molecular weight is 367 g/mol. The molecule has 144 valence electrons. The summed E-state index contributed by atoms with van der Waals surface area (Å²) < 4.78 is 0. The summed E-state index contributed by atoms with van der Waals surface area (Å²) in [6.45, 7) is 8.89. The highest BCUT2D eigenvalue weighted by Crippen LogP contribution is 2.24. The van der Waals surface area contributed by atoms with Crippen molar-refractivity contribution in [3.8, 4) is 0 Å². The lowest BCUT2D eigenvalue weighted by atomic mass is 10.0. The van der Waals surface area contributed by atoms with Crippen molar-refractivity contribution in [2.24, 2.45) is 5.92 Å². The maximum Gasteiger partial charge on any atom is 0.229 e. The van der Waals surface area contributed by atoms with Gasteiger partial charge in [-0.2, -0.15) is 4.98 Å². The third-order valence-corrected chi connectivity index (χ3v) is 5.61. The number of rotatable bonds is 4. The van der Waals surface area contributed by atoms with Crippen LogP contribution in [0, 0.1) is 5.92 Å². The first kappa shape index (κ1) is 18.0. The Kier molecular flexibility index (Phi) is 5.43. The van der Waals surface area contributed by atoms with Crippen molar-refractivity contribution >= 4 is 23.1 Å². The summed E-state index contributed by atoms with van der Waals surface area (Å²) in [5.41, 5.74) is 2.31. The van der Waals surface area contributed by atoms with Gasteiger partial charge in [-0.15, -0.1) is 0 Å². The zero-order chi connectivity index (χ0) is 18.6. The second-order valence-electron chi connectivity index (χ2n) is 7.89. The minimum Gasteiger partial charge on any atom is -0.369 e. The smallest absolute Gasteiger partial charge is 0.229 e. The van der Waals surface area contributed by atoms with Crippen LogP contribution in [0.3, 0.4) is 0 Å². The van der Waals surface area contributed by atoms with Gasteiger partial charge in [-0.25, -0.2) is 4.98 Å². The van der Waals surface area contributed by atoms with Gasteiger partial charge >= 0.3 is 0 Å². The maximum atomic E-state index is 4.73. The van der Waals surface area contributed by atoms with Crippen LogP contribution >= 0.6 is 0 Å². The summed E-state index contributed by atoms with van der Waals surface area (Å²) >= 11 is 0.